The molecule has 4 nitrogen and oxygen atoms in total. The highest BCUT2D eigenvalue weighted by molar-refractivity contribution is 5.88. The molecular formula is C25H24N2O2. The molecule has 3 aromatic carbocycles. The van der Waals surface area contributed by atoms with Crippen LogP contribution in [0.15, 0.2) is 73.3 Å². The van der Waals surface area contributed by atoms with Crippen LogP contribution >= 0.6 is 0 Å². The average Bonchev–Trinajstić information content (AvgIpc) is 2.77. The normalized spacial score (nSPS) is 11.5. The van der Waals surface area contributed by atoms with Gasteiger partial charge < -0.3 is 9.64 Å². The number of fused-ring (bicyclic) bond motifs is 1. The molecule has 0 aliphatic carbocycles. The Bertz CT molecular complexity index is 1060. The maximum atomic E-state index is 13.2. The first-order valence-electron chi connectivity index (χ1n) is 9.52. The first-order valence-corrected chi connectivity index (χ1v) is 9.52. The van der Waals surface area contributed by atoms with Gasteiger partial charge in [-0.2, -0.15) is 5.26 Å². The van der Waals surface area contributed by atoms with Gasteiger partial charge in [0.15, 0.2) is 0 Å². The first-order chi connectivity index (χ1) is 14.0. The van der Waals surface area contributed by atoms with Crippen molar-refractivity contribution < 1.29 is 9.53 Å². The summed E-state index contributed by atoms with van der Waals surface area (Å²) in [6.07, 6.45) is 1.74. The molecule has 3 rings (SSSR count). The van der Waals surface area contributed by atoms with E-state index in [1.807, 2.05) is 49.4 Å². The minimum Gasteiger partial charge on any atom is -0.497 e. The Balaban J connectivity index is 1.82. The van der Waals surface area contributed by atoms with Gasteiger partial charge in [-0.1, -0.05) is 42.5 Å². The maximum Gasteiger partial charge on any atom is 0.230 e. The number of methoxy groups -OCH3 is 1. The summed E-state index contributed by atoms with van der Waals surface area (Å²) in [5.41, 5.74) is 2.56. The van der Waals surface area contributed by atoms with Crippen molar-refractivity contribution in [3.63, 3.8) is 0 Å². The summed E-state index contributed by atoms with van der Waals surface area (Å²) in [7, 11) is 1.65. The number of amides is 1. The van der Waals surface area contributed by atoms with Gasteiger partial charge in [0.25, 0.3) is 0 Å². The van der Waals surface area contributed by atoms with Gasteiger partial charge in [-0.25, -0.2) is 0 Å². The van der Waals surface area contributed by atoms with Crippen LogP contribution in [-0.4, -0.2) is 24.5 Å². The van der Waals surface area contributed by atoms with E-state index in [1.54, 1.807) is 30.2 Å². The van der Waals surface area contributed by atoms with Gasteiger partial charge in [0, 0.05) is 13.1 Å². The lowest BCUT2D eigenvalue weighted by Gasteiger charge is -2.25. The summed E-state index contributed by atoms with van der Waals surface area (Å²) >= 11 is 0. The lowest BCUT2D eigenvalue weighted by molar-refractivity contribution is -0.132. The fourth-order valence-corrected chi connectivity index (χ4v) is 3.35. The molecule has 0 aliphatic heterocycles. The molecule has 3 aromatic rings. The van der Waals surface area contributed by atoms with E-state index in [0.29, 0.717) is 18.7 Å². The van der Waals surface area contributed by atoms with E-state index in [9.17, 15) is 4.79 Å². The van der Waals surface area contributed by atoms with Crippen LogP contribution in [0.1, 0.15) is 29.5 Å². The van der Waals surface area contributed by atoms with E-state index in [1.165, 1.54) is 0 Å². The van der Waals surface area contributed by atoms with Crippen LogP contribution in [0.25, 0.3) is 10.8 Å². The fourth-order valence-electron chi connectivity index (χ4n) is 3.35. The number of carbonyl (C=O) groups excluding carboxylic acids is 1. The molecule has 0 radical (unpaired) electrons. The second kappa shape index (κ2) is 9.07. The van der Waals surface area contributed by atoms with Crippen molar-refractivity contribution in [1.29, 1.82) is 5.26 Å². The molecular weight excluding hydrogens is 360 g/mol. The summed E-state index contributed by atoms with van der Waals surface area (Å²) in [6.45, 7) is 6.67. The second-order valence-corrected chi connectivity index (χ2v) is 7.01. The Morgan fingerprint density at radius 1 is 1.14 bits per heavy atom. The number of rotatable bonds is 7. The number of carbonyl (C=O) groups is 1. The van der Waals surface area contributed by atoms with E-state index >= 15 is 0 Å². The molecule has 0 aliphatic rings. The summed E-state index contributed by atoms with van der Waals surface area (Å²) in [6, 6.07) is 21.4. The largest absolute Gasteiger partial charge is 0.497 e. The number of nitriles is 1. The van der Waals surface area contributed by atoms with Gasteiger partial charge in [-0.15, -0.1) is 6.58 Å². The Kier molecular flexibility index (Phi) is 6.31. The third kappa shape index (κ3) is 4.64. The van der Waals surface area contributed by atoms with Gasteiger partial charge in [-0.05, 0) is 53.1 Å². The lowest BCUT2D eigenvalue weighted by Crippen LogP contribution is -2.34. The zero-order valence-corrected chi connectivity index (χ0v) is 16.8. The van der Waals surface area contributed by atoms with Gasteiger partial charge >= 0.3 is 0 Å². The smallest absolute Gasteiger partial charge is 0.230 e. The number of ether oxygens (including phenoxy) is 1. The molecule has 0 aromatic heterocycles. The van der Waals surface area contributed by atoms with Gasteiger partial charge in [-0.3, -0.25) is 4.79 Å². The van der Waals surface area contributed by atoms with Crippen LogP contribution in [0.3, 0.4) is 0 Å². The van der Waals surface area contributed by atoms with E-state index < -0.39 is 0 Å². The molecule has 1 atom stereocenters. The van der Waals surface area contributed by atoms with Crippen LogP contribution in [-0.2, 0) is 11.3 Å². The minimum absolute atomic E-state index is 0.0436. The van der Waals surface area contributed by atoms with Crippen LogP contribution in [0, 0.1) is 11.3 Å². The number of hydrogen-bond acceptors (Lipinski definition) is 3. The van der Waals surface area contributed by atoms with Gasteiger partial charge in [0.1, 0.15) is 5.75 Å². The number of benzene rings is 3. The summed E-state index contributed by atoms with van der Waals surface area (Å²) in [5, 5.41) is 11.1. The predicted octanol–water partition coefficient (Wildman–Crippen LogP) is 5.04. The van der Waals surface area contributed by atoms with Gasteiger partial charge in [0.05, 0.1) is 24.7 Å². The minimum atomic E-state index is -0.278. The van der Waals surface area contributed by atoms with Gasteiger partial charge in [0.2, 0.25) is 5.91 Å². The molecule has 29 heavy (non-hydrogen) atoms. The van der Waals surface area contributed by atoms with Crippen LogP contribution in [0.5, 0.6) is 5.75 Å². The molecule has 0 heterocycles. The Morgan fingerprint density at radius 2 is 1.83 bits per heavy atom. The van der Waals surface area contributed by atoms with Crippen LogP contribution < -0.4 is 4.74 Å². The number of hydrogen-bond donors (Lipinski definition) is 0. The Morgan fingerprint density at radius 3 is 2.48 bits per heavy atom. The second-order valence-electron chi connectivity index (χ2n) is 7.01. The monoisotopic (exact) mass is 384 g/mol. The molecule has 0 unspecified atom stereocenters. The Hall–Kier alpha value is -3.58. The zero-order valence-electron chi connectivity index (χ0n) is 16.8. The van der Waals surface area contributed by atoms with Crippen molar-refractivity contribution in [3.05, 3.63) is 90.0 Å². The first kappa shape index (κ1) is 20.2. The van der Waals surface area contributed by atoms with E-state index in [0.717, 1.165) is 27.6 Å². The summed E-state index contributed by atoms with van der Waals surface area (Å²) < 4.78 is 5.28. The van der Waals surface area contributed by atoms with Crippen LogP contribution in [0.2, 0.25) is 0 Å². The van der Waals surface area contributed by atoms with Crippen molar-refractivity contribution in [2.75, 3.05) is 13.7 Å². The molecule has 0 N–H and O–H groups in total. The zero-order chi connectivity index (χ0) is 20.8. The highest BCUT2D eigenvalue weighted by Crippen LogP contribution is 2.26. The summed E-state index contributed by atoms with van der Waals surface area (Å²) in [5.74, 6) is 0.580. The molecule has 0 fully saturated rings. The van der Waals surface area contributed by atoms with E-state index in [4.69, 9.17) is 10.00 Å². The fraction of sp³-hybridized carbons (Fsp3) is 0.200. The Labute approximate surface area is 171 Å². The molecule has 0 saturated heterocycles. The highest BCUT2D eigenvalue weighted by atomic mass is 16.5. The quantitative estimate of drug-likeness (QED) is 0.536. The predicted molar refractivity (Wildman–Crippen MR) is 116 cm³/mol. The van der Waals surface area contributed by atoms with E-state index in [2.05, 4.69) is 18.7 Å². The van der Waals surface area contributed by atoms with Crippen molar-refractivity contribution in [1.82, 2.24) is 4.90 Å². The van der Waals surface area contributed by atoms with Crippen molar-refractivity contribution in [2.45, 2.75) is 19.4 Å². The number of nitrogens with zero attached hydrogens (tertiary/aromatic N) is 2. The molecule has 0 spiro atoms. The molecule has 1 amide bonds. The summed E-state index contributed by atoms with van der Waals surface area (Å²) in [4.78, 5) is 15.0. The lowest BCUT2D eigenvalue weighted by atomic mass is 9.96. The van der Waals surface area contributed by atoms with E-state index in [-0.39, 0.29) is 11.8 Å². The average molecular weight is 384 g/mol. The standard InChI is InChI=1S/C25H24N2O2/c1-4-13-27(17-20-7-5-19(16-26)6-8-20)25(28)18(2)21-9-10-23-15-24(29-3)12-11-22(23)14-21/h4-12,14-15,18H,1,13,17H2,2-3H3/t18-/m0/s1. The molecule has 0 saturated carbocycles. The third-order valence-electron chi connectivity index (χ3n) is 5.06. The molecule has 4 heteroatoms. The van der Waals surface area contributed by atoms with Crippen molar-refractivity contribution in [3.8, 4) is 11.8 Å². The SMILES string of the molecule is C=CCN(Cc1ccc(C#N)cc1)C(=O)[C@@H](C)c1ccc2cc(OC)ccc2c1. The van der Waals surface area contributed by atoms with Crippen LogP contribution in [0.4, 0.5) is 0 Å². The molecule has 0 bridgehead atoms. The molecule has 146 valence electrons. The topological polar surface area (TPSA) is 53.3 Å². The van der Waals surface area contributed by atoms with Crippen molar-refractivity contribution in [2.24, 2.45) is 0 Å². The highest BCUT2D eigenvalue weighted by Gasteiger charge is 2.22. The maximum absolute atomic E-state index is 13.2. The van der Waals surface area contributed by atoms with Crippen molar-refractivity contribution >= 4 is 16.7 Å². The third-order valence-corrected chi connectivity index (χ3v) is 5.06.